The van der Waals surface area contributed by atoms with E-state index in [0.29, 0.717) is 25.1 Å². The molecule has 3 aromatic carbocycles. The van der Waals surface area contributed by atoms with E-state index >= 15 is 0 Å². The highest BCUT2D eigenvalue weighted by Gasteiger charge is 2.30. The lowest BCUT2D eigenvalue weighted by Gasteiger charge is -2.26. The molecule has 0 radical (unpaired) electrons. The third kappa shape index (κ3) is 8.52. The molecule has 0 saturated carbocycles. The number of rotatable bonds is 12. The van der Waals surface area contributed by atoms with E-state index in [1.807, 2.05) is 42.2 Å². The van der Waals surface area contributed by atoms with Gasteiger partial charge in [0.1, 0.15) is 17.1 Å². The predicted molar refractivity (Wildman–Crippen MR) is 138 cm³/mol. The van der Waals surface area contributed by atoms with Gasteiger partial charge in [-0.3, -0.25) is 4.90 Å². The molecule has 0 saturated heterocycles. The van der Waals surface area contributed by atoms with Crippen LogP contribution in [0.4, 0.5) is 17.6 Å². The Morgan fingerprint density at radius 3 is 2.36 bits per heavy atom. The zero-order chi connectivity index (χ0) is 28.8. The molecule has 0 spiro atoms. The number of carbonyl (C=O) groups is 1. The Bertz CT molecular complexity index is 1390. The van der Waals surface area contributed by atoms with Gasteiger partial charge in [-0.05, 0) is 35.6 Å². The van der Waals surface area contributed by atoms with Crippen LogP contribution in [0.5, 0.6) is 5.75 Å². The summed E-state index contributed by atoms with van der Waals surface area (Å²) in [5.41, 5.74) is -0.111. The summed E-state index contributed by atoms with van der Waals surface area (Å²) in [6.45, 7) is 3.27. The summed E-state index contributed by atoms with van der Waals surface area (Å²) in [6, 6.07) is 16.6. The topological polar surface area (TPSA) is 83.9 Å². The molecule has 1 N–H and O–H groups in total. The van der Waals surface area contributed by atoms with Crippen LogP contribution in [0.25, 0.3) is 0 Å². The van der Waals surface area contributed by atoms with E-state index in [0.717, 1.165) is 36.1 Å². The van der Waals surface area contributed by atoms with Crippen molar-refractivity contribution in [2.75, 3.05) is 26.0 Å². The number of nitrogens with zero attached hydrogens (tertiary/aromatic N) is 1. The normalized spacial score (nSPS) is 12.9. The highest BCUT2D eigenvalue weighted by molar-refractivity contribution is 7.90. The molecule has 210 valence electrons. The van der Waals surface area contributed by atoms with Gasteiger partial charge in [0.25, 0.3) is 0 Å². The Morgan fingerprint density at radius 2 is 1.74 bits per heavy atom. The molecule has 0 aliphatic heterocycles. The van der Waals surface area contributed by atoms with Gasteiger partial charge in [0.05, 0.1) is 17.1 Å². The van der Waals surface area contributed by atoms with Crippen molar-refractivity contribution in [1.29, 1.82) is 0 Å². The summed E-state index contributed by atoms with van der Waals surface area (Å²) < 4.78 is 83.6. The molecular formula is C28H29F4NO5S. The predicted octanol–water partition coefficient (Wildman–Crippen LogP) is 6.02. The fourth-order valence-corrected chi connectivity index (χ4v) is 5.12. The highest BCUT2D eigenvalue weighted by atomic mass is 32.2. The van der Waals surface area contributed by atoms with Gasteiger partial charge in [-0.15, -0.1) is 0 Å². The van der Waals surface area contributed by atoms with Gasteiger partial charge in [0.2, 0.25) is 0 Å². The summed E-state index contributed by atoms with van der Waals surface area (Å²) in [7, 11) is -4.05. The van der Waals surface area contributed by atoms with Gasteiger partial charge in [-0.1, -0.05) is 55.5 Å². The van der Waals surface area contributed by atoms with Crippen molar-refractivity contribution in [2.45, 2.75) is 36.9 Å². The SMILES string of the molecule is CC(CN(CCCOc1cc(F)c(C(=O)O)c(S(C)(=O)=O)c1)Cc1cccc(C(F)(F)F)c1)c1ccccc1. The molecule has 0 heterocycles. The maximum atomic E-state index is 14.4. The lowest BCUT2D eigenvalue weighted by atomic mass is 10.00. The van der Waals surface area contributed by atoms with Crippen LogP contribution in [0.1, 0.15) is 46.3 Å². The van der Waals surface area contributed by atoms with Crippen LogP contribution in [0.2, 0.25) is 0 Å². The second-order valence-corrected chi connectivity index (χ2v) is 11.3. The zero-order valence-electron chi connectivity index (χ0n) is 21.4. The number of carboxylic acids is 1. The van der Waals surface area contributed by atoms with Crippen molar-refractivity contribution >= 4 is 15.8 Å². The van der Waals surface area contributed by atoms with E-state index in [1.165, 1.54) is 6.07 Å². The zero-order valence-corrected chi connectivity index (χ0v) is 22.2. The average Bonchev–Trinajstić information content (AvgIpc) is 2.85. The van der Waals surface area contributed by atoms with Crippen molar-refractivity contribution in [2.24, 2.45) is 0 Å². The van der Waals surface area contributed by atoms with E-state index in [4.69, 9.17) is 4.74 Å². The first-order chi connectivity index (χ1) is 18.3. The third-order valence-corrected chi connectivity index (χ3v) is 7.21. The van der Waals surface area contributed by atoms with Gasteiger partial charge in [-0.25, -0.2) is 17.6 Å². The molecule has 0 fully saturated rings. The minimum absolute atomic E-state index is 0.0356. The first kappa shape index (κ1) is 30.1. The molecule has 0 aromatic heterocycles. The van der Waals surface area contributed by atoms with Crippen LogP contribution in [-0.2, 0) is 22.6 Å². The maximum absolute atomic E-state index is 14.4. The summed E-state index contributed by atoms with van der Waals surface area (Å²) in [6.07, 6.45) is -3.29. The smallest absolute Gasteiger partial charge is 0.416 e. The van der Waals surface area contributed by atoms with Crippen LogP contribution in [-0.4, -0.2) is 50.3 Å². The van der Waals surface area contributed by atoms with Gasteiger partial charge < -0.3 is 9.84 Å². The van der Waals surface area contributed by atoms with E-state index in [9.17, 15) is 35.9 Å². The molecule has 0 amide bonds. The Balaban J connectivity index is 1.73. The van der Waals surface area contributed by atoms with E-state index in [-0.39, 0.29) is 24.8 Å². The van der Waals surface area contributed by atoms with Crippen molar-refractivity contribution in [3.05, 3.63) is 94.8 Å². The first-order valence-electron chi connectivity index (χ1n) is 12.1. The van der Waals surface area contributed by atoms with Crippen molar-refractivity contribution < 1.29 is 40.6 Å². The molecule has 3 aromatic rings. The van der Waals surface area contributed by atoms with E-state index in [2.05, 4.69) is 0 Å². The van der Waals surface area contributed by atoms with Gasteiger partial charge in [0.15, 0.2) is 9.84 Å². The molecule has 11 heteroatoms. The number of sulfone groups is 1. The van der Waals surface area contributed by atoms with Crippen LogP contribution < -0.4 is 4.74 Å². The van der Waals surface area contributed by atoms with Crippen LogP contribution in [0.15, 0.2) is 71.6 Å². The molecule has 3 rings (SSSR count). The van der Waals surface area contributed by atoms with Crippen molar-refractivity contribution in [3.8, 4) is 5.75 Å². The van der Waals surface area contributed by atoms with Gasteiger partial charge in [0, 0.05) is 32.0 Å². The molecule has 0 bridgehead atoms. The quantitative estimate of drug-likeness (QED) is 0.213. The number of alkyl halides is 3. The Hall–Kier alpha value is -3.44. The second-order valence-electron chi connectivity index (χ2n) is 9.30. The number of hydrogen-bond donors (Lipinski definition) is 1. The van der Waals surface area contributed by atoms with E-state index in [1.54, 1.807) is 6.07 Å². The summed E-state index contributed by atoms with van der Waals surface area (Å²) in [5.74, 6) is -3.01. The van der Waals surface area contributed by atoms with Crippen LogP contribution >= 0.6 is 0 Å². The summed E-state index contributed by atoms with van der Waals surface area (Å²) in [5, 5.41) is 9.20. The fourth-order valence-electron chi connectivity index (χ4n) is 4.23. The number of carboxylic acid groups (broad SMARTS) is 1. The number of ether oxygens (including phenoxy) is 1. The molecule has 0 aliphatic rings. The molecule has 0 aliphatic carbocycles. The maximum Gasteiger partial charge on any atom is 0.416 e. The highest BCUT2D eigenvalue weighted by Crippen LogP contribution is 2.30. The first-order valence-corrected chi connectivity index (χ1v) is 14.0. The lowest BCUT2D eigenvalue weighted by Crippen LogP contribution is -2.29. The fraction of sp³-hybridized carbons (Fsp3) is 0.321. The Kier molecular flexibility index (Phi) is 9.73. The molecular weight excluding hydrogens is 538 g/mol. The number of hydrogen-bond acceptors (Lipinski definition) is 5. The molecule has 6 nitrogen and oxygen atoms in total. The minimum Gasteiger partial charge on any atom is -0.493 e. The van der Waals surface area contributed by atoms with Gasteiger partial charge in [-0.2, -0.15) is 13.2 Å². The summed E-state index contributed by atoms with van der Waals surface area (Å²) >= 11 is 0. The van der Waals surface area contributed by atoms with Gasteiger partial charge >= 0.3 is 12.1 Å². The Morgan fingerprint density at radius 1 is 1.05 bits per heavy atom. The van der Waals surface area contributed by atoms with E-state index < -0.39 is 43.8 Å². The average molecular weight is 568 g/mol. The number of benzene rings is 3. The summed E-state index contributed by atoms with van der Waals surface area (Å²) in [4.78, 5) is 12.6. The molecule has 39 heavy (non-hydrogen) atoms. The largest absolute Gasteiger partial charge is 0.493 e. The van der Waals surface area contributed by atoms with Crippen LogP contribution in [0, 0.1) is 5.82 Å². The number of halogens is 4. The van der Waals surface area contributed by atoms with Crippen molar-refractivity contribution in [3.63, 3.8) is 0 Å². The Labute approximate surface area is 224 Å². The number of aromatic carboxylic acids is 1. The third-order valence-electron chi connectivity index (χ3n) is 6.09. The molecule has 1 unspecified atom stereocenters. The standard InChI is InChI=1S/C28H29F4NO5S/c1-19(21-9-4-3-5-10-21)17-33(18-20-8-6-11-22(14-20)28(30,31)32)12-7-13-38-23-15-24(29)26(27(34)35)25(16-23)39(2,36)37/h3-6,8-11,14-16,19H,7,12-13,17-18H2,1-2H3,(H,34,35). The minimum atomic E-state index is -4.46. The molecule has 1 atom stereocenters. The second kappa shape index (κ2) is 12.6. The lowest BCUT2D eigenvalue weighted by molar-refractivity contribution is -0.137. The van der Waals surface area contributed by atoms with Crippen molar-refractivity contribution in [1.82, 2.24) is 4.90 Å². The van der Waals surface area contributed by atoms with Crippen LogP contribution in [0.3, 0.4) is 0 Å². The monoisotopic (exact) mass is 567 g/mol.